The normalized spacial score (nSPS) is 18.8. The molecule has 6 heteroatoms. The molecule has 1 aliphatic heterocycles. The van der Waals surface area contributed by atoms with Crippen molar-refractivity contribution in [2.75, 3.05) is 25.4 Å². The highest BCUT2D eigenvalue weighted by Crippen LogP contribution is 2.25. The molecule has 2 aromatic heterocycles. The van der Waals surface area contributed by atoms with Crippen molar-refractivity contribution in [3.8, 4) is 0 Å². The van der Waals surface area contributed by atoms with Gasteiger partial charge in [0.05, 0.1) is 5.69 Å². The third-order valence-corrected chi connectivity index (χ3v) is 4.27. The average Bonchev–Trinajstić information content (AvgIpc) is 2.89. The van der Waals surface area contributed by atoms with E-state index in [-0.39, 0.29) is 0 Å². The smallest absolute Gasteiger partial charge is 0.202 e. The number of nitrogens with two attached hydrogens (primary N) is 1. The summed E-state index contributed by atoms with van der Waals surface area (Å²) in [4.78, 5) is 7.02. The molecule has 20 heavy (non-hydrogen) atoms. The molecular weight excluding hydrogens is 252 g/mol. The van der Waals surface area contributed by atoms with Crippen LogP contribution in [0.5, 0.6) is 0 Å². The van der Waals surface area contributed by atoms with E-state index in [1.54, 1.807) is 0 Å². The Bertz CT molecular complexity index is 605. The standard InChI is InChI=1S/C14H24N6/c1-10(9-19-7-5-4-6-8-19)20-13-12(16-14(20)15)11(2)17-18(13)3/h10H,4-9H2,1-3H3,(H2,15,16). The van der Waals surface area contributed by atoms with Crippen molar-refractivity contribution in [1.29, 1.82) is 0 Å². The van der Waals surface area contributed by atoms with Gasteiger partial charge in [0, 0.05) is 19.6 Å². The average molecular weight is 276 g/mol. The van der Waals surface area contributed by atoms with Crippen LogP contribution in [0.3, 0.4) is 0 Å². The van der Waals surface area contributed by atoms with E-state index in [2.05, 4.69) is 26.5 Å². The van der Waals surface area contributed by atoms with Gasteiger partial charge in [-0.05, 0) is 39.8 Å². The first kappa shape index (κ1) is 13.4. The second kappa shape index (κ2) is 5.09. The summed E-state index contributed by atoms with van der Waals surface area (Å²) in [6.45, 7) is 7.63. The van der Waals surface area contributed by atoms with Crippen molar-refractivity contribution in [2.24, 2.45) is 7.05 Å². The van der Waals surface area contributed by atoms with Crippen molar-refractivity contribution in [3.05, 3.63) is 5.69 Å². The molecule has 1 unspecified atom stereocenters. The summed E-state index contributed by atoms with van der Waals surface area (Å²) in [6, 6.07) is 0.313. The molecule has 0 saturated carbocycles. The molecule has 6 nitrogen and oxygen atoms in total. The van der Waals surface area contributed by atoms with E-state index < -0.39 is 0 Å². The molecule has 0 radical (unpaired) electrons. The molecule has 110 valence electrons. The Labute approximate surface area is 119 Å². The van der Waals surface area contributed by atoms with Gasteiger partial charge in [-0.2, -0.15) is 5.10 Å². The molecule has 0 spiro atoms. The first-order valence-electron chi connectivity index (χ1n) is 7.47. The van der Waals surface area contributed by atoms with Gasteiger partial charge in [-0.25, -0.2) is 4.98 Å². The molecule has 1 saturated heterocycles. The van der Waals surface area contributed by atoms with Gasteiger partial charge < -0.3 is 10.6 Å². The van der Waals surface area contributed by atoms with Gasteiger partial charge in [-0.15, -0.1) is 0 Å². The van der Waals surface area contributed by atoms with E-state index in [1.165, 1.54) is 32.4 Å². The number of nitrogens with zero attached hydrogens (tertiary/aromatic N) is 5. The number of anilines is 1. The number of aryl methyl sites for hydroxylation is 2. The molecule has 0 aliphatic carbocycles. The Hall–Kier alpha value is -1.56. The van der Waals surface area contributed by atoms with E-state index in [1.807, 2.05) is 18.7 Å². The maximum atomic E-state index is 6.13. The fourth-order valence-corrected chi connectivity index (χ4v) is 3.34. The zero-order valence-corrected chi connectivity index (χ0v) is 12.6. The number of likely N-dealkylation sites (tertiary alicyclic amines) is 1. The Morgan fingerprint density at radius 1 is 1.25 bits per heavy atom. The summed E-state index contributed by atoms with van der Waals surface area (Å²) in [5.41, 5.74) is 9.03. The van der Waals surface area contributed by atoms with E-state index >= 15 is 0 Å². The zero-order valence-electron chi connectivity index (χ0n) is 12.6. The molecule has 1 aliphatic rings. The molecule has 0 bridgehead atoms. The summed E-state index contributed by atoms with van der Waals surface area (Å²) in [7, 11) is 1.96. The quantitative estimate of drug-likeness (QED) is 0.927. The molecule has 3 rings (SSSR count). The summed E-state index contributed by atoms with van der Waals surface area (Å²) in [5.74, 6) is 0.598. The van der Waals surface area contributed by atoms with Gasteiger partial charge in [0.1, 0.15) is 5.52 Å². The van der Waals surface area contributed by atoms with Crippen LogP contribution in [0.15, 0.2) is 0 Å². The van der Waals surface area contributed by atoms with Crippen LogP contribution >= 0.6 is 0 Å². The van der Waals surface area contributed by atoms with Crippen LogP contribution in [0.25, 0.3) is 11.2 Å². The Kier molecular flexibility index (Phi) is 3.41. The number of fused-ring (bicyclic) bond motifs is 1. The van der Waals surface area contributed by atoms with E-state index in [9.17, 15) is 0 Å². The number of aromatic nitrogens is 4. The summed E-state index contributed by atoms with van der Waals surface area (Å²) >= 11 is 0. The van der Waals surface area contributed by atoms with Crippen molar-refractivity contribution in [3.63, 3.8) is 0 Å². The van der Waals surface area contributed by atoms with Crippen molar-refractivity contribution in [2.45, 2.75) is 39.2 Å². The molecule has 1 atom stereocenters. The highest BCUT2D eigenvalue weighted by molar-refractivity contribution is 5.77. The largest absolute Gasteiger partial charge is 0.369 e. The molecule has 1 fully saturated rings. The van der Waals surface area contributed by atoms with Crippen LogP contribution in [0.1, 0.15) is 37.9 Å². The van der Waals surface area contributed by atoms with Gasteiger partial charge in [-0.1, -0.05) is 6.42 Å². The second-order valence-electron chi connectivity index (χ2n) is 5.93. The first-order chi connectivity index (χ1) is 9.58. The van der Waals surface area contributed by atoms with Crippen LogP contribution in [0.2, 0.25) is 0 Å². The highest BCUT2D eigenvalue weighted by Gasteiger charge is 2.21. The summed E-state index contributed by atoms with van der Waals surface area (Å²) < 4.78 is 4.02. The number of nitrogen functional groups attached to an aromatic ring is 1. The van der Waals surface area contributed by atoms with Gasteiger partial charge in [0.25, 0.3) is 0 Å². The number of hydrogen-bond donors (Lipinski definition) is 1. The monoisotopic (exact) mass is 276 g/mol. The predicted molar refractivity (Wildman–Crippen MR) is 80.7 cm³/mol. The first-order valence-corrected chi connectivity index (χ1v) is 7.47. The maximum Gasteiger partial charge on any atom is 0.202 e. The van der Waals surface area contributed by atoms with Crippen molar-refractivity contribution >= 4 is 17.1 Å². The lowest BCUT2D eigenvalue weighted by atomic mass is 10.1. The topological polar surface area (TPSA) is 64.9 Å². The van der Waals surface area contributed by atoms with Crippen LogP contribution in [-0.4, -0.2) is 43.9 Å². The second-order valence-corrected chi connectivity index (χ2v) is 5.93. The van der Waals surface area contributed by atoms with Crippen LogP contribution < -0.4 is 5.73 Å². The molecule has 2 N–H and O–H groups in total. The lowest BCUT2D eigenvalue weighted by molar-refractivity contribution is 0.203. The fraction of sp³-hybridized carbons (Fsp3) is 0.714. The van der Waals surface area contributed by atoms with Crippen molar-refractivity contribution < 1.29 is 0 Å². The number of piperidine rings is 1. The van der Waals surface area contributed by atoms with Crippen LogP contribution in [0.4, 0.5) is 5.95 Å². The van der Waals surface area contributed by atoms with Gasteiger partial charge in [0.2, 0.25) is 5.95 Å². The fourth-order valence-electron chi connectivity index (χ4n) is 3.34. The maximum absolute atomic E-state index is 6.13. The SMILES string of the molecule is Cc1nn(C)c2c1nc(N)n2C(C)CN1CCCCC1. The third-order valence-electron chi connectivity index (χ3n) is 4.27. The third kappa shape index (κ3) is 2.18. The zero-order chi connectivity index (χ0) is 14.3. The molecular formula is C14H24N6. The van der Waals surface area contributed by atoms with E-state index in [0.717, 1.165) is 23.4 Å². The lowest BCUT2D eigenvalue weighted by Gasteiger charge is -2.29. The highest BCUT2D eigenvalue weighted by atomic mass is 15.4. The van der Waals surface area contributed by atoms with Gasteiger partial charge in [-0.3, -0.25) is 9.25 Å². The Balaban J connectivity index is 1.90. The van der Waals surface area contributed by atoms with Crippen molar-refractivity contribution in [1.82, 2.24) is 24.2 Å². The minimum Gasteiger partial charge on any atom is -0.369 e. The van der Waals surface area contributed by atoms with Gasteiger partial charge in [0.15, 0.2) is 5.65 Å². The number of rotatable bonds is 3. The molecule has 0 amide bonds. The number of hydrogen-bond acceptors (Lipinski definition) is 4. The lowest BCUT2D eigenvalue weighted by Crippen LogP contribution is -2.34. The van der Waals surface area contributed by atoms with Gasteiger partial charge >= 0.3 is 0 Å². The van der Waals surface area contributed by atoms with E-state index in [4.69, 9.17) is 5.73 Å². The molecule has 2 aromatic rings. The minimum absolute atomic E-state index is 0.313. The van der Waals surface area contributed by atoms with E-state index in [0.29, 0.717) is 12.0 Å². The van der Waals surface area contributed by atoms with Crippen LogP contribution in [0, 0.1) is 6.92 Å². The summed E-state index contributed by atoms with van der Waals surface area (Å²) in [5, 5.41) is 4.45. The Morgan fingerprint density at radius 3 is 2.65 bits per heavy atom. The molecule has 3 heterocycles. The molecule has 0 aromatic carbocycles. The number of imidazole rings is 1. The minimum atomic E-state index is 0.313. The summed E-state index contributed by atoms with van der Waals surface area (Å²) in [6.07, 6.45) is 3.99. The Morgan fingerprint density at radius 2 is 1.95 bits per heavy atom. The van der Waals surface area contributed by atoms with Crippen LogP contribution in [-0.2, 0) is 7.05 Å². The predicted octanol–water partition coefficient (Wildman–Crippen LogP) is 1.71.